The second-order valence-corrected chi connectivity index (χ2v) is 4.11. The number of nitrogens with zero attached hydrogens (tertiary/aromatic N) is 2. The van der Waals surface area contributed by atoms with Crippen molar-refractivity contribution in [1.29, 1.82) is 0 Å². The lowest BCUT2D eigenvalue weighted by Gasteiger charge is -2.14. The molecule has 1 aromatic rings. The first kappa shape index (κ1) is 14.5. The Hall–Kier alpha value is -1.57. The van der Waals surface area contributed by atoms with Gasteiger partial charge in [-0.05, 0) is 13.8 Å². The number of alkyl halides is 3. The zero-order valence-corrected chi connectivity index (χ0v) is 9.90. The van der Waals surface area contributed by atoms with Crippen molar-refractivity contribution in [2.75, 3.05) is 6.54 Å². The van der Waals surface area contributed by atoms with E-state index in [1.165, 1.54) is 17.1 Å². The van der Waals surface area contributed by atoms with Crippen molar-refractivity contribution in [3.8, 4) is 0 Å². The van der Waals surface area contributed by atoms with Crippen molar-refractivity contribution in [1.82, 2.24) is 15.1 Å². The second kappa shape index (κ2) is 5.38. The molecule has 1 aromatic heterocycles. The second-order valence-electron chi connectivity index (χ2n) is 4.11. The van der Waals surface area contributed by atoms with Crippen molar-refractivity contribution in [2.45, 2.75) is 32.1 Å². The van der Waals surface area contributed by atoms with Crippen molar-refractivity contribution >= 4 is 5.97 Å². The number of aromatic nitrogens is 2. The number of rotatable bonds is 5. The Morgan fingerprint density at radius 1 is 1.56 bits per heavy atom. The van der Waals surface area contributed by atoms with Crippen LogP contribution in [0.5, 0.6) is 0 Å². The van der Waals surface area contributed by atoms with Crippen molar-refractivity contribution in [3.05, 3.63) is 18.0 Å². The Morgan fingerprint density at radius 2 is 2.17 bits per heavy atom. The molecule has 18 heavy (non-hydrogen) atoms. The molecule has 2 N–H and O–H groups in total. The van der Waals surface area contributed by atoms with Crippen LogP contribution in [-0.4, -0.2) is 33.6 Å². The summed E-state index contributed by atoms with van der Waals surface area (Å²) in [4.78, 5) is 10.9. The molecule has 8 heteroatoms. The molecule has 0 aromatic carbocycles. The van der Waals surface area contributed by atoms with E-state index in [2.05, 4.69) is 5.10 Å². The fraction of sp³-hybridized carbons (Fsp3) is 0.600. The Bertz CT molecular complexity index is 415. The number of halogens is 3. The Kier molecular flexibility index (Phi) is 4.33. The molecule has 1 atom stereocenters. The largest absolute Gasteiger partial charge is 0.480 e. The van der Waals surface area contributed by atoms with Gasteiger partial charge in [0, 0.05) is 17.8 Å². The van der Waals surface area contributed by atoms with Gasteiger partial charge in [-0.1, -0.05) is 0 Å². The van der Waals surface area contributed by atoms with Crippen LogP contribution >= 0.6 is 0 Å². The highest BCUT2D eigenvalue weighted by atomic mass is 19.4. The van der Waals surface area contributed by atoms with Crippen LogP contribution < -0.4 is 5.32 Å². The molecule has 102 valence electrons. The number of carbonyl (C=O) groups is 1. The van der Waals surface area contributed by atoms with Crippen LogP contribution in [0, 0.1) is 0 Å². The summed E-state index contributed by atoms with van der Waals surface area (Å²) in [6, 6.07) is -1.41. The van der Waals surface area contributed by atoms with Crippen LogP contribution in [0.1, 0.15) is 31.5 Å². The molecule has 0 radical (unpaired) electrons. The zero-order chi connectivity index (χ0) is 13.9. The van der Waals surface area contributed by atoms with Gasteiger partial charge in [0.2, 0.25) is 0 Å². The van der Waals surface area contributed by atoms with Gasteiger partial charge in [0.15, 0.2) is 0 Å². The molecule has 0 aliphatic carbocycles. The number of nitrogens with one attached hydrogen (secondary N) is 1. The van der Waals surface area contributed by atoms with E-state index in [0.717, 1.165) is 0 Å². The molecule has 5 nitrogen and oxygen atoms in total. The quantitative estimate of drug-likeness (QED) is 0.851. The molecule has 1 rings (SSSR count). The third-order valence-electron chi connectivity index (χ3n) is 2.24. The molecular formula is C10H14F3N3O2. The van der Waals surface area contributed by atoms with Crippen LogP contribution in [0.2, 0.25) is 0 Å². The van der Waals surface area contributed by atoms with E-state index in [1.807, 2.05) is 19.2 Å². The lowest BCUT2D eigenvalue weighted by molar-refractivity contribution is -0.143. The maximum atomic E-state index is 12.1. The zero-order valence-electron chi connectivity index (χ0n) is 9.90. The number of hydrogen-bond donors (Lipinski definition) is 2. The van der Waals surface area contributed by atoms with Gasteiger partial charge < -0.3 is 5.11 Å². The minimum absolute atomic E-state index is 0.0100. The summed E-state index contributed by atoms with van der Waals surface area (Å²) in [5.74, 6) is -1.37. The molecule has 0 aliphatic heterocycles. The topological polar surface area (TPSA) is 67.2 Å². The van der Waals surface area contributed by atoms with E-state index < -0.39 is 24.7 Å². The van der Waals surface area contributed by atoms with Crippen LogP contribution in [-0.2, 0) is 4.79 Å². The maximum absolute atomic E-state index is 12.1. The molecule has 1 heterocycles. The molecule has 0 bridgehead atoms. The summed E-state index contributed by atoms with van der Waals surface area (Å²) in [6.07, 6.45) is -1.78. The Morgan fingerprint density at radius 3 is 2.56 bits per heavy atom. The first-order chi connectivity index (χ1) is 8.20. The fourth-order valence-corrected chi connectivity index (χ4v) is 1.35. The van der Waals surface area contributed by atoms with Gasteiger partial charge in [-0.2, -0.15) is 18.3 Å². The van der Waals surface area contributed by atoms with E-state index in [1.54, 1.807) is 0 Å². The number of aliphatic carboxylic acids is 1. The van der Waals surface area contributed by atoms with Crippen molar-refractivity contribution in [3.63, 3.8) is 0 Å². The molecule has 0 fully saturated rings. The third-order valence-corrected chi connectivity index (χ3v) is 2.24. The van der Waals surface area contributed by atoms with Gasteiger partial charge in [-0.3, -0.25) is 14.8 Å². The molecular weight excluding hydrogens is 251 g/mol. The Balaban J connectivity index is 2.81. The van der Waals surface area contributed by atoms with Crippen LogP contribution in [0.15, 0.2) is 12.4 Å². The van der Waals surface area contributed by atoms with E-state index >= 15 is 0 Å². The molecule has 0 amide bonds. The fourth-order valence-electron chi connectivity index (χ4n) is 1.35. The summed E-state index contributed by atoms with van der Waals surface area (Å²) < 4.78 is 37.6. The van der Waals surface area contributed by atoms with Crippen LogP contribution in [0.3, 0.4) is 0 Å². The smallest absolute Gasteiger partial charge is 0.401 e. The van der Waals surface area contributed by atoms with Gasteiger partial charge >= 0.3 is 12.1 Å². The summed E-state index contributed by atoms with van der Waals surface area (Å²) in [7, 11) is 0. The van der Waals surface area contributed by atoms with Gasteiger partial charge in [0.25, 0.3) is 0 Å². The SMILES string of the molecule is CC(C)n1cc(C(NCC(F)(F)F)C(=O)O)cn1. The highest BCUT2D eigenvalue weighted by Crippen LogP contribution is 2.18. The summed E-state index contributed by atoms with van der Waals surface area (Å²) in [5.41, 5.74) is 0.195. The molecule has 0 saturated carbocycles. The summed E-state index contributed by atoms with van der Waals surface area (Å²) >= 11 is 0. The van der Waals surface area contributed by atoms with E-state index in [4.69, 9.17) is 5.11 Å². The van der Waals surface area contributed by atoms with Gasteiger partial charge in [-0.25, -0.2) is 0 Å². The van der Waals surface area contributed by atoms with Crippen molar-refractivity contribution in [2.24, 2.45) is 0 Å². The summed E-state index contributed by atoms with van der Waals surface area (Å²) in [5, 5.41) is 14.7. The minimum atomic E-state index is -4.46. The lowest BCUT2D eigenvalue weighted by atomic mass is 10.1. The van der Waals surface area contributed by atoms with Crippen molar-refractivity contribution < 1.29 is 23.1 Å². The highest BCUT2D eigenvalue weighted by Gasteiger charge is 2.31. The monoisotopic (exact) mass is 265 g/mol. The molecule has 0 saturated heterocycles. The predicted molar refractivity (Wildman–Crippen MR) is 57.0 cm³/mol. The van der Waals surface area contributed by atoms with Gasteiger partial charge in [-0.15, -0.1) is 0 Å². The van der Waals surface area contributed by atoms with Crippen LogP contribution in [0.25, 0.3) is 0 Å². The average Bonchev–Trinajstić information content (AvgIpc) is 2.64. The molecule has 0 aliphatic rings. The van der Waals surface area contributed by atoms with E-state index in [9.17, 15) is 18.0 Å². The lowest BCUT2D eigenvalue weighted by Crippen LogP contribution is -2.35. The van der Waals surface area contributed by atoms with Gasteiger partial charge in [0.05, 0.1) is 12.7 Å². The first-order valence-corrected chi connectivity index (χ1v) is 5.27. The number of carboxylic acid groups (broad SMARTS) is 1. The maximum Gasteiger partial charge on any atom is 0.401 e. The van der Waals surface area contributed by atoms with E-state index in [-0.39, 0.29) is 11.6 Å². The highest BCUT2D eigenvalue weighted by molar-refractivity contribution is 5.75. The van der Waals surface area contributed by atoms with Crippen LogP contribution in [0.4, 0.5) is 13.2 Å². The normalized spacial score (nSPS) is 13.9. The average molecular weight is 265 g/mol. The van der Waals surface area contributed by atoms with Gasteiger partial charge in [0.1, 0.15) is 6.04 Å². The Labute approximate surface area is 102 Å². The number of hydrogen-bond acceptors (Lipinski definition) is 3. The molecule has 0 spiro atoms. The molecule has 1 unspecified atom stereocenters. The third kappa shape index (κ3) is 4.02. The number of carboxylic acids is 1. The van der Waals surface area contributed by atoms with E-state index in [0.29, 0.717) is 0 Å². The minimum Gasteiger partial charge on any atom is -0.480 e. The first-order valence-electron chi connectivity index (χ1n) is 5.27. The predicted octanol–water partition coefficient (Wildman–Crippen LogP) is 1.74. The standard InChI is InChI=1S/C10H14F3N3O2/c1-6(2)16-4-7(3-15-16)8(9(17)18)14-5-10(11,12)13/h3-4,6,8,14H,5H2,1-2H3,(H,17,18). The summed E-state index contributed by atoms with van der Waals surface area (Å²) in [6.45, 7) is 2.29.